The molecule has 26 nitrogen and oxygen atoms in total. The minimum Gasteiger partial charge on any atom is -0.497 e. The van der Waals surface area contributed by atoms with Crippen LogP contribution in [0.2, 0.25) is 18.1 Å². The van der Waals surface area contributed by atoms with E-state index >= 15 is 4.57 Å². The van der Waals surface area contributed by atoms with Crippen molar-refractivity contribution in [3.8, 4) is 11.5 Å². The van der Waals surface area contributed by atoms with Crippen molar-refractivity contribution < 1.29 is 84.3 Å². The Balaban J connectivity index is 1.39. The summed E-state index contributed by atoms with van der Waals surface area (Å²) in [6.45, 7) is 21.5. The topological polar surface area (TPSA) is 299 Å². The quantitative estimate of drug-likeness (QED) is 0.0113. The highest BCUT2D eigenvalue weighted by atomic mass is 31.2. The molecule has 0 saturated carbocycles. The van der Waals surface area contributed by atoms with E-state index in [1.807, 2.05) is 88.5 Å². The van der Waals surface area contributed by atoms with Gasteiger partial charge in [0, 0.05) is 18.5 Å². The number of aromatic nitrogens is 4. The van der Waals surface area contributed by atoms with Gasteiger partial charge in [0.15, 0.2) is 33.0 Å². The van der Waals surface area contributed by atoms with Gasteiger partial charge in [-0.25, -0.2) is 28.5 Å². The molecule has 2 aliphatic heterocycles. The number of phosphoric acid groups is 1. The molecular weight excluding hydrogens is 1190 g/mol. The highest BCUT2D eigenvalue weighted by Crippen LogP contribution is 2.56. The summed E-state index contributed by atoms with van der Waals surface area (Å²) in [6.07, 6.45) is -8.93. The number of rotatable bonds is 29. The summed E-state index contributed by atoms with van der Waals surface area (Å²) in [5.74, 6) is 0.924. The van der Waals surface area contributed by atoms with Gasteiger partial charge >= 0.3 is 37.6 Å². The van der Waals surface area contributed by atoms with Gasteiger partial charge in [-0.05, 0) is 65.2 Å². The maximum absolute atomic E-state index is 15.9. The van der Waals surface area contributed by atoms with E-state index in [0.29, 0.717) is 28.2 Å². The fourth-order valence-electron chi connectivity index (χ4n) is 9.13. The zero-order valence-electron chi connectivity index (χ0n) is 49.7. The molecule has 2 N–H and O–H groups in total. The van der Waals surface area contributed by atoms with Gasteiger partial charge in [0.05, 0.1) is 34.0 Å². The lowest BCUT2D eigenvalue weighted by atomic mass is 9.80. The summed E-state index contributed by atoms with van der Waals surface area (Å²) in [5, 5.41) is 1.87. The van der Waals surface area contributed by atoms with E-state index in [0.717, 1.165) is 21.4 Å². The van der Waals surface area contributed by atoms with Crippen LogP contribution in [-0.4, -0.2) is 136 Å². The smallest absolute Gasteiger partial charge is 0.497 e. The van der Waals surface area contributed by atoms with Gasteiger partial charge < -0.3 is 51.8 Å². The second kappa shape index (κ2) is 30.1. The number of amides is 1. The molecule has 0 radical (unpaired) electrons. The van der Waals surface area contributed by atoms with Crippen LogP contribution in [0.4, 0.5) is 20.2 Å². The molecule has 9 atom stereocenters. The maximum atomic E-state index is 15.9. The lowest BCUT2D eigenvalue weighted by molar-refractivity contribution is -0.0969. The van der Waals surface area contributed by atoms with Crippen LogP contribution in [0.3, 0.4) is 0 Å². The summed E-state index contributed by atoms with van der Waals surface area (Å²) in [6, 6.07) is 26.0. The highest BCUT2D eigenvalue weighted by molar-refractivity contribution is 7.48. The molecule has 0 bridgehead atoms. The normalized spacial score (nSPS) is 20.8. The zero-order chi connectivity index (χ0) is 63.8. The van der Waals surface area contributed by atoms with Gasteiger partial charge in [-0.15, -0.1) is 6.58 Å². The van der Waals surface area contributed by atoms with Crippen molar-refractivity contribution in [3.05, 3.63) is 202 Å². The number of carbonyl (C=O) groups is 3. The van der Waals surface area contributed by atoms with Gasteiger partial charge in [-0.1, -0.05) is 119 Å². The first-order valence-electron chi connectivity index (χ1n) is 27.5. The lowest BCUT2D eigenvalue weighted by Crippen LogP contribution is -2.50. The number of nitrogens with one attached hydrogen (secondary N) is 2. The van der Waals surface area contributed by atoms with Crippen LogP contribution in [0.5, 0.6) is 11.5 Å². The van der Waals surface area contributed by atoms with Crippen molar-refractivity contribution in [2.45, 2.75) is 93.6 Å². The van der Waals surface area contributed by atoms with Crippen LogP contribution in [0.25, 0.3) is 0 Å². The number of aromatic amines is 1. The van der Waals surface area contributed by atoms with Gasteiger partial charge in [-0.2, -0.15) is 4.98 Å². The third-order valence-electron chi connectivity index (χ3n) is 14.3. The van der Waals surface area contributed by atoms with Crippen LogP contribution >= 0.6 is 7.82 Å². The Morgan fingerprint density at radius 1 is 0.659 bits per heavy atom. The SMILES string of the molecule is C=CCOC(=O)Nc1ccn([C@@H]2O[C@H](COC(c3ccccc3)(c3ccc(OC)cc3)c3ccc(OC)cc3)[C@@H](OP(=O)(OCC=C)OC[C@H]3O[C@@H](n4ccc(=O)[nH]c4=O)[C@H](OC(=O)OCC=C)[C@@H]3OC(=O)OCC=C)[C@H]2O[Si](C)(C)C(C)(C)C)c(=O)n1. The van der Waals surface area contributed by atoms with Crippen LogP contribution in [0.1, 0.15) is 49.9 Å². The van der Waals surface area contributed by atoms with Crippen LogP contribution < -0.4 is 31.7 Å². The number of hydrogen-bond donors (Lipinski definition) is 2. The average Bonchev–Trinajstić information content (AvgIpc) is 1.33. The van der Waals surface area contributed by atoms with E-state index < -0.39 is 131 Å². The van der Waals surface area contributed by atoms with E-state index in [4.69, 9.17) is 65.4 Å². The monoisotopic (exact) mass is 1260 g/mol. The molecule has 7 rings (SSSR count). The third-order valence-corrected chi connectivity index (χ3v) is 20.2. The standard InChI is InChI=1S/C60H72N5O21PSi/c1-12-33-75-56(69)62-46-29-31-64(54(67)61-46)53-51(86-88(10,11)59(5,6)7)49(44(81-53)37-78-60(39-19-17-16-18-20-39,40-21-25-42(73-8)26-22-40)41-23-27-43(74-9)28-24-41)85-87(72,79-36-15-4)80-38-45-48(83-57(70)76-34-13-2)50(84-58(71)77-35-14-3)52(82-45)65-32-30-47(66)63-55(65)68/h12-32,44-45,48-53H,1-4,33-38H2,5-11H3,(H,63,66,68)(H,61,62,67,69)/t44-,45-,48-,49-,50-,51-,52-,53-,87?/m1/s1. The molecule has 2 fully saturated rings. The summed E-state index contributed by atoms with van der Waals surface area (Å²) >= 11 is 0. The Kier molecular flexibility index (Phi) is 23.0. The first kappa shape index (κ1) is 67.3. The Morgan fingerprint density at radius 3 is 1.72 bits per heavy atom. The van der Waals surface area contributed by atoms with Crippen LogP contribution in [-0.2, 0) is 66.1 Å². The fourth-order valence-corrected chi connectivity index (χ4v) is 11.8. The third kappa shape index (κ3) is 16.3. The second-order valence-electron chi connectivity index (χ2n) is 21.1. The lowest BCUT2D eigenvalue weighted by Gasteiger charge is -2.41. The molecule has 0 aliphatic carbocycles. The van der Waals surface area contributed by atoms with E-state index in [-0.39, 0.29) is 25.6 Å². The van der Waals surface area contributed by atoms with E-state index in [1.165, 1.54) is 50.8 Å². The van der Waals surface area contributed by atoms with Crippen molar-refractivity contribution in [2.24, 2.45) is 0 Å². The number of ether oxygens (including phenoxy) is 10. The number of hydrogen-bond acceptors (Lipinski definition) is 22. The molecule has 472 valence electrons. The molecule has 0 spiro atoms. The number of benzene rings is 3. The van der Waals surface area contributed by atoms with Gasteiger partial charge in [-0.3, -0.25) is 37.8 Å². The number of methoxy groups -OCH3 is 2. The minimum atomic E-state index is -5.18. The Hall–Kier alpha value is -8.24. The molecule has 2 aromatic heterocycles. The predicted molar refractivity (Wildman–Crippen MR) is 321 cm³/mol. The molecular formula is C60H72N5O21PSi. The Morgan fingerprint density at radius 2 is 1.18 bits per heavy atom. The number of nitrogens with zero attached hydrogens (tertiary/aromatic N) is 3. The van der Waals surface area contributed by atoms with Crippen molar-refractivity contribution in [1.82, 2.24) is 19.1 Å². The molecule has 28 heteroatoms. The zero-order valence-corrected chi connectivity index (χ0v) is 51.6. The van der Waals surface area contributed by atoms with Gasteiger partial charge in [0.25, 0.3) is 5.56 Å². The molecule has 1 unspecified atom stereocenters. The first-order chi connectivity index (χ1) is 42.0. The second-order valence-corrected chi connectivity index (χ2v) is 27.5. The highest BCUT2D eigenvalue weighted by Gasteiger charge is 2.57. The molecule has 88 heavy (non-hydrogen) atoms. The van der Waals surface area contributed by atoms with E-state index in [9.17, 15) is 28.8 Å². The van der Waals surface area contributed by atoms with E-state index in [2.05, 4.69) is 41.6 Å². The maximum Gasteiger partial charge on any atom is 0.509 e. The van der Waals surface area contributed by atoms with Crippen LogP contribution in [0, 0.1) is 0 Å². The molecule has 1 amide bonds. The number of carbonyl (C=O) groups excluding carboxylic acids is 3. The largest absolute Gasteiger partial charge is 0.509 e. The average molecular weight is 1260 g/mol. The van der Waals surface area contributed by atoms with Crippen molar-refractivity contribution in [1.29, 1.82) is 0 Å². The summed E-state index contributed by atoms with van der Waals surface area (Å²) < 4.78 is 102. The minimum absolute atomic E-state index is 0.129. The summed E-state index contributed by atoms with van der Waals surface area (Å²) in [7, 11) is -5.19. The van der Waals surface area contributed by atoms with Crippen molar-refractivity contribution >= 4 is 40.4 Å². The van der Waals surface area contributed by atoms with Gasteiger partial charge in [0.2, 0.25) is 0 Å². The molecule has 5 aromatic rings. The van der Waals surface area contributed by atoms with Crippen molar-refractivity contribution in [3.63, 3.8) is 0 Å². The molecule has 4 heterocycles. The van der Waals surface area contributed by atoms with Gasteiger partial charge in [0.1, 0.15) is 67.2 Å². The molecule has 3 aromatic carbocycles. The first-order valence-corrected chi connectivity index (χ1v) is 31.9. The summed E-state index contributed by atoms with van der Waals surface area (Å²) in [5.41, 5.74) is -2.40. The predicted octanol–water partition coefficient (Wildman–Crippen LogP) is 8.87. The number of H-pyrrole nitrogens is 1. The number of phosphoric ester groups is 1. The van der Waals surface area contributed by atoms with Crippen LogP contribution in [0.15, 0.2) is 168 Å². The Bertz CT molecular complexity index is 3420. The number of anilines is 1. The molecule has 2 saturated heterocycles. The molecule has 2 aliphatic rings. The Labute approximate surface area is 508 Å². The van der Waals surface area contributed by atoms with Crippen molar-refractivity contribution in [2.75, 3.05) is 59.2 Å². The fraction of sp³-hybridized carbons (Fsp3) is 0.383. The van der Waals surface area contributed by atoms with E-state index in [1.54, 1.807) is 24.3 Å². The summed E-state index contributed by atoms with van der Waals surface area (Å²) in [4.78, 5) is 85.5.